The number of nitrogens with zero attached hydrogens (tertiary/aromatic N) is 4. The van der Waals surface area contributed by atoms with Gasteiger partial charge in [-0.3, -0.25) is 19.8 Å². The topological polar surface area (TPSA) is 123 Å². The van der Waals surface area contributed by atoms with Crippen LogP contribution in [0.25, 0.3) is 0 Å². The van der Waals surface area contributed by atoms with Crippen molar-refractivity contribution in [2.75, 3.05) is 50.0 Å². The lowest BCUT2D eigenvalue weighted by molar-refractivity contribution is -0.384. The Bertz CT molecular complexity index is 836. The van der Waals surface area contributed by atoms with Gasteiger partial charge in [0.1, 0.15) is 0 Å². The Balaban J connectivity index is 1.54. The first kappa shape index (κ1) is 19.6. The predicted molar refractivity (Wildman–Crippen MR) is 104 cm³/mol. The van der Waals surface area contributed by atoms with E-state index in [1.807, 2.05) is 0 Å². The Kier molecular flexibility index (Phi) is 6.45. The standard InChI is InChI=1S/C18H22N6O4/c1-13-2-3-15(24(26)27)10-16(13)17(25)22-14-11-20-18(21-12-14)19-4-5-23-6-8-28-9-7-23/h2-3,10-12H,4-9H2,1H3,(H,22,25)(H,19,20,21). The van der Waals surface area contributed by atoms with E-state index >= 15 is 0 Å². The van der Waals surface area contributed by atoms with Crippen molar-refractivity contribution in [2.24, 2.45) is 0 Å². The zero-order chi connectivity index (χ0) is 19.9. The molecule has 1 fully saturated rings. The van der Waals surface area contributed by atoms with Crippen molar-refractivity contribution in [1.82, 2.24) is 14.9 Å². The van der Waals surface area contributed by atoms with Crippen LogP contribution >= 0.6 is 0 Å². The van der Waals surface area contributed by atoms with Crippen molar-refractivity contribution in [3.05, 3.63) is 51.8 Å². The molecule has 1 aromatic carbocycles. The summed E-state index contributed by atoms with van der Waals surface area (Å²) in [6.07, 6.45) is 2.99. The second-order valence-electron chi connectivity index (χ2n) is 6.39. The molecule has 2 aromatic rings. The maximum atomic E-state index is 12.4. The second-order valence-corrected chi connectivity index (χ2v) is 6.39. The van der Waals surface area contributed by atoms with Crippen LogP contribution in [-0.4, -0.2) is 65.1 Å². The van der Waals surface area contributed by atoms with Crippen LogP contribution in [0.4, 0.5) is 17.3 Å². The van der Waals surface area contributed by atoms with Gasteiger partial charge in [0.2, 0.25) is 5.95 Å². The highest BCUT2D eigenvalue weighted by atomic mass is 16.6. The first-order chi connectivity index (χ1) is 13.5. The first-order valence-corrected chi connectivity index (χ1v) is 8.95. The minimum absolute atomic E-state index is 0.133. The molecule has 1 saturated heterocycles. The molecule has 10 heteroatoms. The number of aryl methyl sites for hydroxylation is 1. The van der Waals surface area contributed by atoms with Gasteiger partial charge in [0.25, 0.3) is 11.6 Å². The van der Waals surface area contributed by atoms with Gasteiger partial charge < -0.3 is 15.4 Å². The molecule has 28 heavy (non-hydrogen) atoms. The molecular formula is C18H22N6O4. The van der Waals surface area contributed by atoms with E-state index in [-0.39, 0.29) is 11.3 Å². The minimum atomic E-state index is -0.531. The van der Waals surface area contributed by atoms with Crippen molar-refractivity contribution < 1.29 is 14.5 Å². The van der Waals surface area contributed by atoms with Crippen LogP contribution in [-0.2, 0) is 4.74 Å². The molecule has 10 nitrogen and oxygen atoms in total. The van der Waals surface area contributed by atoms with Crippen LogP contribution in [0.1, 0.15) is 15.9 Å². The van der Waals surface area contributed by atoms with E-state index in [0.717, 1.165) is 32.8 Å². The molecule has 0 bridgehead atoms. The Morgan fingerprint density at radius 2 is 2.00 bits per heavy atom. The van der Waals surface area contributed by atoms with Gasteiger partial charge in [-0.05, 0) is 12.5 Å². The summed E-state index contributed by atoms with van der Waals surface area (Å²) < 4.78 is 5.31. The summed E-state index contributed by atoms with van der Waals surface area (Å²) in [6.45, 7) is 6.66. The summed E-state index contributed by atoms with van der Waals surface area (Å²) in [5.74, 6) is 0.0237. The Morgan fingerprint density at radius 1 is 1.29 bits per heavy atom. The van der Waals surface area contributed by atoms with Gasteiger partial charge in [-0.15, -0.1) is 0 Å². The summed E-state index contributed by atoms with van der Waals surface area (Å²) >= 11 is 0. The van der Waals surface area contributed by atoms with Crippen molar-refractivity contribution in [1.29, 1.82) is 0 Å². The van der Waals surface area contributed by atoms with Gasteiger partial charge in [-0.1, -0.05) is 6.07 Å². The van der Waals surface area contributed by atoms with Crippen LogP contribution in [0.5, 0.6) is 0 Å². The molecule has 0 saturated carbocycles. The fourth-order valence-corrected chi connectivity index (χ4v) is 2.80. The highest BCUT2D eigenvalue weighted by Crippen LogP contribution is 2.18. The molecule has 2 heterocycles. The monoisotopic (exact) mass is 386 g/mol. The number of nitrogens with one attached hydrogen (secondary N) is 2. The van der Waals surface area contributed by atoms with Gasteiger partial charge in [0, 0.05) is 43.9 Å². The van der Waals surface area contributed by atoms with Gasteiger partial charge >= 0.3 is 0 Å². The fourth-order valence-electron chi connectivity index (χ4n) is 2.80. The van der Waals surface area contributed by atoms with Crippen LogP contribution in [0, 0.1) is 17.0 Å². The number of morpholine rings is 1. The lowest BCUT2D eigenvalue weighted by atomic mass is 10.1. The Labute approximate surface area is 162 Å². The molecule has 1 aliphatic rings. The summed E-state index contributed by atoms with van der Waals surface area (Å²) in [5, 5.41) is 16.7. The quantitative estimate of drug-likeness (QED) is 0.544. The molecule has 0 unspecified atom stereocenters. The Morgan fingerprint density at radius 3 is 2.68 bits per heavy atom. The van der Waals surface area contributed by atoms with E-state index in [9.17, 15) is 14.9 Å². The van der Waals surface area contributed by atoms with Crippen LogP contribution < -0.4 is 10.6 Å². The Hall–Kier alpha value is -3.11. The molecule has 0 atom stereocenters. The third-order valence-corrected chi connectivity index (χ3v) is 4.40. The largest absolute Gasteiger partial charge is 0.379 e. The van der Waals surface area contributed by atoms with Gasteiger partial charge in [-0.25, -0.2) is 9.97 Å². The van der Waals surface area contributed by atoms with Crippen LogP contribution in [0.3, 0.4) is 0 Å². The first-order valence-electron chi connectivity index (χ1n) is 8.95. The number of anilines is 2. The normalized spacial score (nSPS) is 14.5. The average Bonchev–Trinajstić information content (AvgIpc) is 2.70. The highest BCUT2D eigenvalue weighted by molar-refractivity contribution is 6.05. The molecule has 0 radical (unpaired) electrons. The summed E-state index contributed by atoms with van der Waals surface area (Å²) in [7, 11) is 0. The number of nitro benzene ring substituents is 1. The van der Waals surface area contributed by atoms with E-state index in [0.29, 0.717) is 23.7 Å². The third-order valence-electron chi connectivity index (χ3n) is 4.40. The molecule has 1 aromatic heterocycles. The fraction of sp³-hybridized carbons (Fsp3) is 0.389. The van der Waals surface area contributed by atoms with Crippen molar-refractivity contribution in [2.45, 2.75) is 6.92 Å². The number of carbonyl (C=O) groups is 1. The third kappa shape index (κ3) is 5.21. The maximum Gasteiger partial charge on any atom is 0.270 e. The van der Waals surface area contributed by atoms with Gasteiger partial charge in [-0.2, -0.15) is 0 Å². The van der Waals surface area contributed by atoms with Crippen LogP contribution in [0.2, 0.25) is 0 Å². The smallest absolute Gasteiger partial charge is 0.270 e. The number of hydrogen-bond donors (Lipinski definition) is 2. The average molecular weight is 386 g/mol. The molecule has 0 spiro atoms. The number of benzene rings is 1. The number of ether oxygens (including phenoxy) is 1. The molecule has 3 rings (SSSR count). The minimum Gasteiger partial charge on any atom is -0.379 e. The van der Waals surface area contributed by atoms with Crippen molar-refractivity contribution in [3.63, 3.8) is 0 Å². The summed E-state index contributed by atoms with van der Waals surface area (Å²) in [5.41, 5.74) is 1.16. The number of aromatic nitrogens is 2. The second kappa shape index (κ2) is 9.20. The molecule has 148 valence electrons. The zero-order valence-corrected chi connectivity index (χ0v) is 15.6. The van der Waals surface area contributed by atoms with Crippen LogP contribution in [0.15, 0.2) is 30.6 Å². The van der Waals surface area contributed by atoms with E-state index in [1.165, 1.54) is 24.5 Å². The van der Waals surface area contributed by atoms with Crippen molar-refractivity contribution in [3.8, 4) is 0 Å². The lowest BCUT2D eigenvalue weighted by Gasteiger charge is -2.26. The molecule has 2 N–H and O–H groups in total. The molecular weight excluding hydrogens is 364 g/mol. The number of amides is 1. The number of hydrogen-bond acceptors (Lipinski definition) is 8. The summed E-state index contributed by atoms with van der Waals surface area (Å²) in [6, 6.07) is 4.17. The SMILES string of the molecule is Cc1ccc([N+](=O)[O-])cc1C(=O)Nc1cnc(NCCN2CCOCC2)nc1. The predicted octanol–water partition coefficient (Wildman–Crippen LogP) is 1.69. The maximum absolute atomic E-state index is 12.4. The number of non-ortho nitro benzene ring substituents is 1. The van der Waals surface area contributed by atoms with E-state index in [4.69, 9.17) is 4.74 Å². The molecule has 0 aliphatic carbocycles. The summed E-state index contributed by atoms with van der Waals surface area (Å²) in [4.78, 5) is 33.5. The molecule has 1 aliphatic heterocycles. The lowest BCUT2D eigenvalue weighted by Crippen LogP contribution is -2.39. The molecule has 1 amide bonds. The van der Waals surface area contributed by atoms with E-state index in [2.05, 4.69) is 25.5 Å². The zero-order valence-electron chi connectivity index (χ0n) is 15.6. The van der Waals surface area contributed by atoms with E-state index in [1.54, 1.807) is 13.0 Å². The number of rotatable bonds is 7. The van der Waals surface area contributed by atoms with E-state index < -0.39 is 10.8 Å². The van der Waals surface area contributed by atoms with Crippen molar-refractivity contribution >= 4 is 23.2 Å². The van der Waals surface area contributed by atoms with Gasteiger partial charge in [0.15, 0.2) is 0 Å². The van der Waals surface area contributed by atoms with Gasteiger partial charge in [0.05, 0.1) is 36.2 Å². The number of nitro groups is 1. The number of carbonyl (C=O) groups excluding carboxylic acids is 1. The highest BCUT2D eigenvalue weighted by Gasteiger charge is 2.15.